The van der Waals surface area contributed by atoms with Gasteiger partial charge in [-0.2, -0.15) is 0 Å². The van der Waals surface area contributed by atoms with Gasteiger partial charge < -0.3 is 29.5 Å². The van der Waals surface area contributed by atoms with Crippen molar-refractivity contribution in [1.29, 1.82) is 0 Å². The Morgan fingerprint density at radius 1 is 0.554 bits per heavy atom. The Kier molecular flexibility index (Phi) is 19.4. The second-order valence-electron chi connectivity index (χ2n) is 20.0. The second kappa shape index (κ2) is 23.4. The summed E-state index contributed by atoms with van der Waals surface area (Å²) in [6.07, 6.45) is 10.7. The van der Waals surface area contributed by atoms with Gasteiger partial charge in [-0.1, -0.05) is 116 Å². The van der Waals surface area contributed by atoms with Crippen LogP contribution in [0.4, 0.5) is 0 Å². The minimum Gasteiger partial charge on any atom is -0.508 e. The molecule has 0 radical (unpaired) electrons. The molecule has 65 heavy (non-hydrogen) atoms. The van der Waals surface area contributed by atoms with Crippen molar-refractivity contribution in [1.82, 2.24) is 0 Å². The maximum atomic E-state index is 10.7. The summed E-state index contributed by atoms with van der Waals surface area (Å²) in [5.41, 5.74) is 11.2. The molecule has 0 aliphatic carbocycles. The van der Waals surface area contributed by atoms with E-state index in [2.05, 4.69) is 143 Å². The largest absolute Gasteiger partial charge is 0.508 e. The van der Waals surface area contributed by atoms with E-state index < -0.39 is 11.2 Å². The highest BCUT2D eigenvalue weighted by Crippen LogP contribution is 2.43. The first kappa shape index (κ1) is 53.9. The summed E-state index contributed by atoms with van der Waals surface area (Å²) < 4.78 is 18.0. The summed E-state index contributed by atoms with van der Waals surface area (Å²) in [5, 5.41) is 31.3. The molecule has 3 N–H and O–H groups in total. The van der Waals surface area contributed by atoms with Gasteiger partial charge in [0, 0.05) is 10.8 Å². The van der Waals surface area contributed by atoms with E-state index in [0.717, 1.165) is 93.9 Å². The van der Waals surface area contributed by atoms with Crippen LogP contribution in [0, 0.1) is 27.7 Å². The monoisotopic (exact) mass is 893 g/mol. The van der Waals surface area contributed by atoms with Crippen LogP contribution in [0.25, 0.3) is 0 Å². The molecule has 1 aliphatic heterocycles. The van der Waals surface area contributed by atoms with Gasteiger partial charge in [-0.15, -0.1) is 0 Å². The first-order valence-corrected chi connectivity index (χ1v) is 25.2. The molecule has 4 aromatic rings. The maximum Gasteiger partial charge on any atom is 0.122 e. The molecule has 1 fully saturated rings. The first-order valence-electron chi connectivity index (χ1n) is 25.2. The van der Waals surface area contributed by atoms with Crippen LogP contribution in [0.1, 0.15) is 189 Å². The molecule has 0 spiro atoms. The molecule has 360 valence electrons. The lowest BCUT2D eigenvalue weighted by Crippen LogP contribution is -2.44. The summed E-state index contributed by atoms with van der Waals surface area (Å²) in [4.78, 5) is 0. The van der Waals surface area contributed by atoms with Gasteiger partial charge in [0.15, 0.2) is 0 Å². The van der Waals surface area contributed by atoms with Gasteiger partial charge in [-0.3, -0.25) is 0 Å². The normalized spacial score (nSPS) is 15.7. The van der Waals surface area contributed by atoms with E-state index in [0.29, 0.717) is 25.6 Å². The maximum absolute atomic E-state index is 10.7. The second-order valence-corrected chi connectivity index (χ2v) is 20.0. The number of aryl methyl sites for hydroxylation is 6. The number of aliphatic hydroxyl groups is 2. The number of phenols is 1. The minimum absolute atomic E-state index is 0.0374. The van der Waals surface area contributed by atoms with Crippen LogP contribution >= 0.6 is 0 Å². The van der Waals surface area contributed by atoms with Crippen LogP contribution in [0.3, 0.4) is 0 Å². The number of phenolic OH excluding ortho intramolecular Hbond substituents is 1. The standard InChI is InChI=1S/C33H50O4.C26H38O2/c1-9-32(34,10-2)18-17-26-13-14-27(19-24(26)5)33(11-3,12-4)28-15-16-30(25(6)20-28)35-21-29-22-37-31(7,8)23-36-29;1-7-25(28,8-2)16-15-21-11-12-22(17-19(21)5)26(9-3,10-4)23-13-14-24(27)20(6)18-23/h13-16,19-20,29,34H,9-12,17-18,21-23H2,1-8H3;11-14,17-18,27-28H,7-10,15-16H2,1-6H3. The number of ether oxygens (including phenoxy) is 3. The molecule has 0 aromatic heterocycles. The Hall–Kier alpha value is -3.68. The van der Waals surface area contributed by atoms with Crippen molar-refractivity contribution in [3.05, 3.63) is 128 Å². The van der Waals surface area contributed by atoms with Crippen molar-refractivity contribution < 1.29 is 29.5 Å². The van der Waals surface area contributed by atoms with Crippen LogP contribution in [0.15, 0.2) is 72.8 Å². The number of rotatable bonds is 21. The van der Waals surface area contributed by atoms with Gasteiger partial charge in [-0.25, -0.2) is 0 Å². The third kappa shape index (κ3) is 13.1. The van der Waals surface area contributed by atoms with E-state index in [1.54, 1.807) is 0 Å². The molecule has 0 bridgehead atoms. The molecule has 5 rings (SSSR count). The topological polar surface area (TPSA) is 88.4 Å². The highest BCUT2D eigenvalue weighted by atomic mass is 16.6. The molecule has 4 aromatic carbocycles. The lowest BCUT2D eigenvalue weighted by molar-refractivity contribution is -0.181. The summed E-state index contributed by atoms with van der Waals surface area (Å²) in [6, 6.07) is 26.5. The average Bonchev–Trinajstić information content (AvgIpc) is 3.30. The predicted octanol–water partition coefficient (Wildman–Crippen LogP) is 14.1. The summed E-state index contributed by atoms with van der Waals surface area (Å²) in [7, 11) is 0. The van der Waals surface area contributed by atoms with E-state index in [1.165, 1.54) is 44.5 Å². The third-order valence-corrected chi connectivity index (χ3v) is 15.8. The number of hydrogen-bond acceptors (Lipinski definition) is 6. The summed E-state index contributed by atoms with van der Waals surface area (Å²) in [6.45, 7) is 31.6. The zero-order valence-corrected chi connectivity index (χ0v) is 43.2. The van der Waals surface area contributed by atoms with Crippen molar-refractivity contribution in [3.63, 3.8) is 0 Å². The zero-order valence-electron chi connectivity index (χ0n) is 43.2. The van der Waals surface area contributed by atoms with Crippen LogP contribution in [-0.2, 0) is 33.1 Å². The van der Waals surface area contributed by atoms with Crippen molar-refractivity contribution in [3.8, 4) is 11.5 Å². The Morgan fingerprint density at radius 2 is 0.954 bits per heavy atom. The predicted molar refractivity (Wildman–Crippen MR) is 272 cm³/mol. The Morgan fingerprint density at radius 3 is 1.31 bits per heavy atom. The molecular formula is C59H88O6. The summed E-state index contributed by atoms with van der Waals surface area (Å²) in [5.74, 6) is 1.26. The van der Waals surface area contributed by atoms with Gasteiger partial charge in [0.2, 0.25) is 0 Å². The Labute approximate surface area is 395 Å². The van der Waals surface area contributed by atoms with Gasteiger partial charge in [0.1, 0.15) is 24.2 Å². The quantitative estimate of drug-likeness (QED) is 0.0772. The fraction of sp³-hybridized carbons (Fsp3) is 0.593. The van der Waals surface area contributed by atoms with Crippen molar-refractivity contribution >= 4 is 0 Å². The van der Waals surface area contributed by atoms with Gasteiger partial charge >= 0.3 is 0 Å². The van der Waals surface area contributed by atoms with Gasteiger partial charge in [0.05, 0.1) is 30.0 Å². The molecule has 6 heteroatoms. The molecule has 6 nitrogen and oxygen atoms in total. The number of benzene rings is 4. The third-order valence-electron chi connectivity index (χ3n) is 15.8. The first-order chi connectivity index (χ1) is 30.8. The summed E-state index contributed by atoms with van der Waals surface area (Å²) >= 11 is 0. The van der Waals surface area contributed by atoms with E-state index in [1.807, 2.05) is 26.8 Å². The van der Waals surface area contributed by atoms with Crippen molar-refractivity contribution in [2.24, 2.45) is 0 Å². The van der Waals surface area contributed by atoms with Crippen LogP contribution in [0.5, 0.6) is 11.5 Å². The van der Waals surface area contributed by atoms with Gasteiger partial charge in [0.25, 0.3) is 0 Å². The molecular weight excluding hydrogens is 805 g/mol. The number of hydrogen-bond donors (Lipinski definition) is 3. The van der Waals surface area contributed by atoms with E-state index in [-0.39, 0.29) is 22.5 Å². The highest BCUT2D eigenvalue weighted by molar-refractivity contribution is 5.48. The lowest BCUT2D eigenvalue weighted by atomic mass is 9.69. The highest BCUT2D eigenvalue weighted by Gasteiger charge is 2.34. The Balaban J connectivity index is 0.000000296. The fourth-order valence-electron chi connectivity index (χ4n) is 10.0. The van der Waals surface area contributed by atoms with E-state index in [9.17, 15) is 15.3 Å². The van der Waals surface area contributed by atoms with Crippen LogP contribution < -0.4 is 4.74 Å². The van der Waals surface area contributed by atoms with E-state index in [4.69, 9.17) is 14.2 Å². The molecule has 1 saturated heterocycles. The molecule has 0 saturated carbocycles. The SMILES string of the molecule is CCC(O)(CC)CCc1ccc(C(CC)(CC)c2ccc(O)c(C)c2)cc1C.CCC(O)(CC)CCc1ccc(C(CC)(CC)c2ccc(OCC3COC(C)(C)CO3)c(C)c2)cc1C. The fourth-order valence-corrected chi connectivity index (χ4v) is 10.0. The van der Waals surface area contributed by atoms with Gasteiger partial charge in [-0.05, 0) is 186 Å². The molecule has 1 atom stereocenters. The minimum atomic E-state index is -0.560. The molecule has 0 amide bonds. The van der Waals surface area contributed by atoms with Crippen LogP contribution in [0.2, 0.25) is 0 Å². The number of aromatic hydroxyl groups is 1. The smallest absolute Gasteiger partial charge is 0.122 e. The van der Waals surface area contributed by atoms with Crippen LogP contribution in [-0.4, -0.2) is 58.0 Å². The Bertz CT molecular complexity index is 2090. The zero-order chi connectivity index (χ0) is 48.2. The average molecular weight is 893 g/mol. The molecule has 1 heterocycles. The van der Waals surface area contributed by atoms with E-state index >= 15 is 0 Å². The molecule has 1 unspecified atom stereocenters. The van der Waals surface area contributed by atoms with Crippen molar-refractivity contribution in [2.75, 3.05) is 19.8 Å². The molecule has 1 aliphatic rings. The van der Waals surface area contributed by atoms with Crippen molar-refractivity contribution in [2.45, 2.75) is 208 Å². The lowest BCUT2D eigenvalue weighted by Gasteiger charge is -2.35.